The first-order valence-corrected chi connectivity index (χ1v) is 11.4. The first-order chi connectivity index (χ1) is 14.5. The maximum atomic E-state index is 13.2. The Kier molecular flexibility index (Phi) is 5.25. The molecule has 3 saturated carbocycles. The molecule has 2 saturated heterocycles. The fourth-order valence-corrected chi connectivity index (χ4v) is 6.43. The van der Waals surface area contributed by atoms with Crippen molar-refractivity contribution in [3.63, 3.8) is 0 Å². The summed E-state index contributed by atoms with van der Waals surface area (Å²) in [6.07, 6.45) is 4.38. The summed E-state index contributed by atoms with van der Waals surface area (Å²) in [7, 11) is 0. The molecule has 3 aliphatic carbocycles. The van der Waals surface area contributed by atoms with E-state index in [4.69, 9.17) is 18.9 Å². The van der Waals surface area contributed by atoms with Gasteiger partial charge >= 0.3 is 17.9 Å². The minimum atomic E-state index is -0.563. The predicted molar refractivity (Wildman–Crippen MR) is 103 cm³/mol. The molecule has 6 atom stereocenters. The van der Waals surface area contributed by atoms with Crippen LogP contribution in [0.3, 0.4) is 0 Å². The molecular formula is C22H31NO7. The zero-order valence-corrected chi connectivity index (χ0v) is 17.5. The summed E-state index contributed by atoms with van der Waals surface area (Å²) in [6.45, 7) is 4.85. The van der Waals surface area contributed by atoms with E-state index in [2.05, 4.69) is 6.92 Å². The minimum Gasteiger partial charge on any atom is -0.459 e. The lowest BCUT2D eigenvalue weighted by Crippen LogP contribution is -2.47. The summed E-state index contributed by atoms with van der Waals surface area (Å²) < 4.78 is 22.8. The van der Waals surface area contributed by atoms with Gasteiger partial charge in [0.2, 0.25) is 0 Å². The van der Waals surface area contributed by atoms with Crippen LogP contribution in [-0.4, -0.2) is 73.5 Å². The van der Waals surface area contributed by atoms with Gasteiger partial charge in [0.05, 0.1) is 31.6 Å². The van der Waals surface area contributed by atoms with E-state index in [9.17, 15) is 14.4 Å². The lowest BCUT2D eigenvalue weighted by atomic mass is 9.78. The van der Waals surface area contributed by atoms with Crippen molar-refractivity contribution in [1.82, 2.24) is 4.90 Å². The highest BCUT2D eigenvalue weighted by Crippen LogP contribution is 2.59. The minimum absolute atomic E-state index is 0.0533. The maximum Gasteiger partial charge on any atom is 0.320 e. The van der Waals surface area contributed by atoms with Gasteiger partial charge in [-0.2, -0.15) is 0 Å². The molecule has 0 aromatic heterocycles. The monoisotopic (exact) mass is 421 g/mol. The Morgan fingerprint density at radius 3 is 2.60 bits per heavy atom. The summed E-state index contributed by atoms with van der Waals surface area (Å²) >= 11 is 0. The van der Waals surface area contributed by atoms with Crippen molar-refractivity contribution < 1.29 is 33.3 Å². The second-order valence-electron chi connectivity index (χ2n) is 9.52. The third-order valence-corrected chi connectivity index (χ3v) is 8.02. The van der Waals surface area contributed by atoms with Crippen molar-refractivity contribution in [1.29, 1.82) is 0 Å². The van der Waals surface area contributed by atoms with E-state index >= 15 is 0 Å². The summed E-state index contributed by atoms with van der Waals surface area (Å²) in [5.74, 6) is -2.23. The number of hydrogen-bond acceptors (Lipinski definition) is 8. The van der Waals surface area contributed by atoms with Crippen LogP contribution >= 0.6 is 0 Å². The van der Waals surface area contributed by atoms with Crippen molar-refractivity contribution in [2.45, 2.75) is 63.3 Å². The second kappa shape index (κ2) is 7.79. The van der Waals surface area contributed by atoms with Crippen molar-refractivity contribution in [3.8, 4) is 0 Å². The highest BCUT2D eigenvalue weighted by Gasteiger charge is 2.70. The van der Waals surface area contributed by atoms with Gasteiger partial charge in [-0.3, -0.25) is 19.3 Å². The molecule has 30 heavy (non-hydrogen) atoms. The number of esters is 3. The van der Waals surface area contributed by atoms with Gasteiger partial charge < -0.3 is 18.9 Å². The number of morpholine rings is 1. The number of fused-ring (bicyclic) bond motifs is 1. The van der Waals surface area contributed by atoms with E-state index in [1.54, 1.807) is 0 Å². The summed E-state index contributed by atoms with van der Waals surface area (Å²) in [5.41, 5.74) is -0.399. The molecule has 2 bridgehead atoms. The SMILES string of the molecule is CCC1(OC(=O)C2C3CC4C(OC(=O)C42)C3OC(=O)CN2CCOCC2)CCCC1. The highest BCUT2D eigenvalue weighted by atomic mass is 16.6. The Morgan fingerprint density at radius 1 is 1.17 bits per heavy atom. The average Bonchev–Trinajstić information content (AvgIpc) is 3.47. The van der Waals surface area contributed by atoms with E-state index in [0.717, 1.165) is 32.1 Å². The molecule has 5 fully saturated rings. The summed E-state index contributed by atoms with van der Waals surface area (Å²) in [4.78, 5) is 40.4. The topological polar surface area (TPSA) is 91.4 Å². The molecule has 0 aromatic carbocycles. The first kappa shape index (κ1) is 20.2. The fraction of sp³-hybridized carbons (Fsp3) is 0.864. The molecule has 166 valence electrons. The number of ether oxygens (including phenoxy) is 4. The highest BCUT2D eigenvalue weighted by molar-refractivity contribution is 5.86. The van der Waals surface area contributed by atoms with E-state index in [1.165, 1.54) is 0 Å². The Bertz CT molecular complexity index is 712. The quantitative estimate of drug-likeness (QED) is 0.468. The van der Waals surface area contributed by atoms with Crippen molar-refractivity contribution in [2.24, 2.45) is 23.7 Å². The average molecular weight is 421 g/mol. The van der Waals surface area contributed by atoms with Crippen molar-refractivity contribution in [2.75, 3.05) is 32.8 Å². The van der Waals surface area contributed by atoms with Crippen LogP contribution in [0.2, 0.25) is 0 Å². The number of hydrogen-bond donors (Lipinski definition) is 0. The lowest BCUT2D eigenvalue weighted by molar-refractivity contribution is -0.175. The second-order valence-corrected chi connectivity index (χ2v) is 9.52. The van der Waals surface area contributed by atoms with Gasteiger partial charge in [0, 0.05) is 24.9 Å². The van der Waals surface area contributed by atoms with Gasteiger partial charge in [-0.15, -0.1) is 0 Å². The molecule has 0 amide bonds. The van der Waals surface area contributed by atoms with Crippen LogP contribution in [0.1, 0.15) is 45.4 Å². The van der Waals surface area contributed by atoms with E-state index in [0.29, 0.717) is 32.7 Å². The van der Waals surface area contributed by atoms with Gasteiger partial charge in [0.1, 0.15) is 17.8 Å². The van der Waals surface area contributed by atoms with E-state index in [-0.39, 0.29) is 36.3 Å². The third-order valence-electron chi connectivity index (χ3n) is 8.02. The van der Waals surface area contributed by atoms with E-state index in [1.807, 2.05) is 4.90 Å². The molecule has 6 unspecified atom stereocenters. The van der Waals surface area contributed by atoms with Crippen LogP contribution in [0.5, 0.6) is 0 Å². The van der Waals surface area contributed by atoms with Gasteiger partial charge in [0.15, 0.2) is 0 Å². The molecule has 5 aliphatic rings. The molecule has 0 aromatic rings. The molecule has 0 radical (unpaired) electrons. The van der Waals surface area contributed by atoms with Gasteiger partial charge in [0.25, 0.3) is 0 Å². The Morgan fingerprint density at radius 2 is 1.90 bits per heavy atom. The largest absolute Gasteiger partial charge is 0.459 e. The van der Waals surface area contributed by atoms with Gasteiger partial charge in [-0.05, 0) is 38.5 Å². The maximum absolute atomic E-state index is 13.2. The lowest BCUT2D eigenvalue weighted by Gasteiger charge is -2.34. The molecule has 8 nitrogen and oxygen atoms in total. The van der Waals surface area contributed by atoms with Crippen LogP contribution in [0.25, 0.3) is 0 Å². The molecule has 0 N–H and O–H groups in total. The number of rotatable bonds is 6. The Hall–Kier alpha value is -1.67. The zero-order chi connectivity index (χ0) is 20.9. The number of nitrogens with zero attached hydrogens (tertiary/aromatic N) is 1. The normalized spacial score (nSPS) is 39.2. The van der Waals surface area contributed by atoms with Crippen LogP contribution in [0.4, 0.5) is 0 Å². The van der Waals surface area contributed by atoms with Crippen LogP contribution in [0.15, 0.2) is 0 Å². The smallest absolute Gasteiger partial charge is 0.320 e. The molecule has 0 spiro atoms. The molecular weight excluding hydrogens is 390 g/mol. The molecule has 2 heterocycles. The number of carbonyl (C=O) groups excluding carboxylic acids is 3. The standard InChI is InChI=1S/C22H31NO7/c1-2-22(5-3-4-6-22)30-21(26)17-14-11-13-16(17)20(25)29-19(13)18(14)28-15(24)12-23-7-9-27-10-8-23/h13-14,16-19H,2-12H2,1H3. The number of carbonyl (C=O) groups is 3. The zero-order valence-electron chi connectivity index (χ0n) is 17.5. The molecule has 2 aliphatic heterocycles. The fourth-order valence-electron chi connectivity index (χ4n) is 6.43. The molecule has 8 heteroatoms. The van der Waals surface area contributed by atoms with Crippen LogP contribution < -0.4 is 0 Å². The van der Waals surface area contributed by atoms with Crippen molar-refractivity contribution >= 4 is 17.9 Å². The van der Waals surface area contributed by atoms with Crippen LogP contribution in [-0.2, 0) is 33.3 Å². The Balaban J connectivity index is 1.28. The van der Waals surface area contributed by atoms with Gasteiger partial charge in [-0.25, -0.2) is 0 Å². The predicted octanol–water partition coefficient (Wildman–Crippen LogP) is 1.30. The van der Waals surface area contributed by atoms with Gasteiger partial charge in [-0.1, -0.05) is 6.92 Å². The van der Waals surface area contributed by atoms with Crippen LogP contribution in [0, 0.1) is 23.7 Å². The third kappa shape index (κ3) is 3.32. The summed E-state index contributed by atoms with van der Waals surface area (Å²) in [5, 5.41) is 0. The van der Waals surface area contributed by atoms with E-state index < -0.39 is 29.6 Å². The van der Waals surface area contributed by atoms with Crippen molar-refractivity contribution in [3.05, 3.63) is 0 Å². The molecule has 5 rings (SSSR count). The summed E-state index contributed by atoms with van der Waals surface area (Å²) in [6, 6.07) is 0. The Labute approximate surface area is 176 Å². The first-order valence-electron chi connectivity index (χ1n) is 11.4.